The Hall–Kier alpha value is -1.35. The zero-order chi connectivity index (χ0) is 12.0. The number of carbonyl (C=O) groups is 1. The van der Waals surface area contributed by atoms with Crippen molar-refractivity contribution in [2.75, 3.05) is 13.6 Å². The lowest BCUT2D eigenvalue weighted by Gasteiger charge is -2.27. The van der Waals surface area contributed by atoms with Crippen LogP contribution in [0.4, 0.5) is 0 Å². The van der Waals surface area contributed by atoms with Gasteiger partial charge in [-0.2, -0.15) is 0 Å². The zero-order valence-corrected chi connectivity index (χ0v) is 10.2. The molecule has 1 aromatic carbocycles. The fourth-order valence-electron chi connectivity index (χ4n) is 1.58. The lowest BCUT2D eigenvalue weighted by molar-refractivity contribution is -0.122. The molecule has 0 aliphatic heterocycles. The molecule has 0 radical (unpaired) electrons. The van der Waals surface area contributed by atoms with Crippen molar-refractivity contribution in [2.24, 2.45) is 0 Å². The van der Waals surface area contributed by atoms with Gasteiger partial charge < -0.3 is 10.6 Å². The van der Waals surface area contributed by atoms with Gasteiger partial charge in [0.2, 0.25) is 5.91 Å². The van der Waals surface area contributed by atoms with Crippen molar-refractivity contribution in [1.29, 1.82) is 0 Å². The minimum absolute atomic E-state index is 0.0724. The van der Waals surface area contributed by atoms with E-state index in [9.17, 15) is 4.79 Å². The van der Waals surface area contributed by atoms with Gasteiger partial charge in [0.15, 0.2) is 0 Å². The van der Waals surface area contributed by atoms with Crippen LogP contribution in [0.2, 0.25) is 0 Å². The molecule has 0 aromatic heterocycles. The van der Waals surface area contributed by atoms with Crippen LogP contribution in [-0.2, 0) is 10.3 Å². The second-order valence-corrected chi connectivity index (χ2v) is 4.39. The van der Waals surface area contributed by atoms with E-state index in [-0.39, 0.29) is 11.4 Å². The predicted octanol–water partition coefficient (Wildman–Crippen LogP) is 1.65. The van der Waals surface area contributed by atoms with Crippen LogP contribution in [0.15, 0.2) is 30.3 Å². The first-order valence-corrected chi connectivity index (χ1v) is 5.57. The van der Waals surface area contributed by atoms with E-state index in [0.29, 0.717) is 13.0 Å². The maximum atomic E-state index is 11.6. The average Bonchev–Trinajstić information content (AvgIpc) is 2.27. The molecule has 2 N–H and O–H groups in total. The van der Waals surface area contributed by atoms with Crippen LogP contribution in [0.5, 0.6) is 0 Å². The van der Waals surface area contributed by atoms with Crippen LogP contribution in [-0.4, -0.2) is 19.5 Å². The minimum atomic E-state index is -0.313. The van der Waals surface area contributed by atoms with E-state index >= 15 is 0 Å². The third kappa shape index (κ3) is 3.66. The summed E-state index contributed by atoms with van der Waals surface area (Å²) >= 11 is 0. The molecule has 0 aliphatic carbocycles. The molecule has 0 saturated carbocycles. The van der Waals surface area contributed by atoms with E-state index in [4.69, 9.17) is 0 Å². The molecule has 0 unspecified atom stereocenters. The Balaban J connectivity index is 2.61. The van der Waals surface area contributed by atoms with Crippen molar-refractivity contribution >= 4 is 5.91 Å². The van der Waals surface area contributed by atoms with Gasteiger partial charge in [0, 0.05) is 13.0 Å². The highest BCUT2D eigenvalue weighted by molar-refractivity contribution is 5.77. The van der Waals surface area contributed by atoms with E-state index in [1.165, 1.54) is 0 Å². The van der Waals surface area contributed by atoms with Crippen LogP contribution in [0.1, 0.15) is 25.8 Å². The van der Waals surface area contributed by atoms with Gasteiger partial charge >= 0.3 is 0 Å². The summed E-state index contributed by atoms with van der Waals surface area (Å²) in [5, 5.41) is 5.99. The average molecular weight is 220 g/mol. The molecule has 3 nitrogen and oxygen atoms in total. The molecule has 3 heteroatoms. The Morgan fingerprint density at radius 1 is 1.25 bits per heavy atom. The van der Waals surface area contributed by atoms with Gasteiger partial charge in [-0.25, -0.2) is 0 Å². The molecule has 0 heterocycles. The predicted molar refractivity (Wildman–Crippen MR) is 66.2 cm³/mol. The van der Waals surface area contributed by atoms with Gasteiger partial charge in [0.05, 0.1) is 5.54 Å². The Morgan fingerprint density at radius 2 is 1.88 bits per heavy atom. The molecule has 88 valence electrons. The Labute approximate surface area is 97.2 Å². The normalized spacial score (nSPS) is 11.2. The SMILES string of the molecule is CNCCC(=O)NC(C)(C)c1ccccc1. The summed E-state index contributed by atoms with van der Waals surface area (Å²) in [7, 11) is 1.84. The monoisotopic (exact) mass is 220 g/mol. The molecular weight excluding hydrogens is 200 g/mol. The third-order valence-corrected chi connectivity index (χ3v) is 2.55. The lowest BCUT2D eigenvalue weighted by Crippen LogP contribution is -2.41. The number of amides is 1. The number of rotatable bonds is 5. The summed E-state index contributed by atoms with van der Waals surface area (Å²) in [5.74, 6) is 0.0724. The summed E-state index contributed by atoms with van der Waals surface area (Å²) in [6.45, 7) is 4.73. The van der Waals surface area contributed by atoms with Crippen molar-refractivity contribution in [2.45, 2.75) is 25.8 Å². The number of benzene rings is 1. The lowest BCUT2D eigenvalue weighted by atomic mass is 9.94. The summed E-state index contributed by atoms with van der Waals surface area (Å²) < 4.78 is 0. The number of hydrogen-bond donors (Lipinski definition) is 2. The maximum Gasteiger partial charge on any atom is 0.221 e. The summed E-state index contributed by atoms with van der Waals surface area (Å²) in [6, 6.07) is 9.99. The molecule has 0 saturated heterocycles. The molecule has 0 spiro atoms. The summed E-state index contributed by atoms with van der Waals surface area (Å²) in [4.78, 5) is 11.6. The van der Waals surface area contributed by atoms with Crippen molar-refractivity contribution in [3.8, 4) is 0 Å². The summed E-state index contributed by atoms with van der Waals surface area (Å²) in [6.07, 6.45) is 0.507. The molecule has 0 aliphatic rings. The first-order valence-electron chi connectivity index (χ1n) is 5.57. The number of hydrogen-bond acceptors (Lipinski definition) is 2. The number of carbonyl (C=O) groups excluding carboxylic acids is 1. The van der Waals surface area contributed by atoms with Gasteiger partial charge in [-0.15, -0.1) is 0 Å². The van der Waals surface area contributed by atoms with Gasteiger partial charge in [0.25, 0.3) is 0 Å². The fraction of sp³-hybridized carbons (Fsp3) is 0.462. The molecule has 1 amide bonds. The highest BCUT2D eigenvalue weighted by atomic mass is 16.1. The molecule has 1 rings (SSSR count). The second kappa shape index (κ2) is 5.66. The Kier molecular flexibility index (Phi) is 4.50. The van der Waals surface area contributed by atoms with Crippen LogP contribution in [0.25, 0.3) is 0 Å². The molecular formula is C13H20N2O. The smallest absolute Gasteiger partial charge is 0.221 e. The van der Waals surface area contributed by atoms with Crippen LogP contribution >= 0.6 is 0 Å². The second-order valence-electron chi connectivity index (χ2n) is 4.39. The van der Waals surface area contributed by atoms with E-state index in [2.05, 4.69) is 10.6 Å². The molecule has 0 atom stereocenters. The molecule has 0 bridgehead atoms. The van der Waals surface area contributed by atoms with Crippen molar-refractivity contribution < 1.29 is 4.79 Å². The van der Waals surface area contributed by atoms with Gasteiger partial charge in [-0.1, -0.05) is 30.3 Å². The largest absolute Gasteiger partial charge is 0.347 e. The molecule has 16 heavy (non-hydrogen) atoms. The first kappa shape index (κ1) is 12.7. The van der Waals surface area contributed by atoms with Crippen LogP contribution in [0.3, 0.4) is 0 Å². The van der Waals surface area contributed by atoms with E-state index in [1.54, 1.807) is 0 Å². The highest BCUT2D eigenvalue weighted by Crippen LogP contribution is 2.19. The number of nitrogens with one attached hydrogen (secondary N) is 2. The zero-order valence-electron chi connectivity index (χ0n) is 10.2. The Bertz CT molecular complexity index is 333. The molecule has 0 fully saturated rings. The first-order chi connectivity index (χ1) is 7.56. The van der Waals surface area contributed by atoms with E-state index < -0.39 is 0 Å². The van der Waals surface area contributed by atoms with Gasteiger partial charge in [-0.05, 0) is 26.5 Å². The topological polar surface area (TPSA) is 41.1 Å². The third-order valence-electron chi connectivity index (χ3n) is 2.55. The fourth-order valence-corrected chi connectivity index (χ4v) is 1.58. The maximum absolute atomic E-state index is 11.6. The standard InChI is InChI=1S/C13H20N2O/c1-13(2,11-7-5-4-6-8-11)15-12(16)9-10-14-3/h4-8,14H,9-10H2,1-3H3,(H,15,16). The van der Waals surface area contributed by atoms with Crippen molar-refractivity contribution in [3.05, 3.63) is 35.9 Å². The minimum Gasteiger partial charge on any atom is -0.347 e. The Morgan fingerprint density at radius 3 is 2.44 bits per heavy atom. The van der Waals surface area contributed by atoms with Crippen LogP contribution < -0.4 is 10.6 Å². The van der Waals surface area contributed by atoms with Gasteiger partial charge in [-0.3, -0.25) is 4.79 Å². The summed E-state index contributed by atoms with van der Waals surface area (Å²) in [5.41, 5.74) is 0.805. The van der Waals surface area contributed by atoms with Crippen molar-refractivity contribution in [3.63, 3.8) is 0 Å². The van der Waals surface area contributed by atoms with Gasteiger partial charge in [0.1, 0.15) is 0 Å². The molecule has 1 aromatic rings. The highest BCUT2D eigenvalue weighted by Gasteiger charge is 2.21. The van der Waals surface area contributed by atoms with Crippen molar-refractivity contribution in [1.82, 2.24) is 10.6 Å². The quantitative estimate of drug-likeness (QED) is 0.792. The van der Waals surface area contributed by atoms with E-state index in [1.807, 2.05) is 51.2 Å². The van der Waals surface area contributed by atoms with Crippen LogP contribution in [0, 0.1) is 0 Å². The van der Waals surface area contributed by atoms with E-state index in [0.717, 1.165) is 5.56 Å².